The molecule has 12 heavy (non-hydrogen) atoms. The van der Waals surface area contributed by atoms with Crippen molar-refractivity contribution < 1.29 is 14.3 Å². The van der Waals surface area contributed by atoms with Gasteiger partial charge in [-0.1, -0.05) is 0 Å². The fraction of sp³-hybridized carbons (Fsp3) is 0.875. The predicted octanol–water partition coefficient (Wildman–Crippen LogP) is -0.368. The van der Waals surface area contributed by atoms with Crippen molar-refractivity contribution in [2.45, 2.75) is 18.6 Å². The van der Waals surface area contributed by atoms with Crippen molar-refractivity contribution in [3.63, 3.8) is 0 Å². The van der Waals surface area contributed by atoms with Crippen LogP contribution in [0.4, 0.5) is 0 Å². The summed E-state index contributed by atoms with van der Waals surface area (Å²) in [7, 11) is 1.43. The van der Waals surface area contributed by atoms with Gasteiger partial charge in [-0.2, -0.15) is 0 Å². The van der Waals surface area contributed by atoms with Crippen molar-refractivity contribution in [3.05, 3.63) is 0 Å². The summed E-state index contributed by atoms with van der Waals surface area (Å²) in [5, 5.41) is 0. The fourth-order valence-electron chi connectivity index (χ4n) is 1.99. The Morgan fingerprint density at radius 1 is 1.58 bits per heavy atom. The minimum Gasteiger partial charge on any atom is -0.468 e. The highest BCUT2D eigenvalue weighted by atomic mass is 16.5. The van der Waals surface area contributed by atoms with Crippen molar-refractivity contribution in [2.24, 2.45) is 0 Å². The molecule has 4 heteroatoms. The van der Waals surface area contributed by atoms with E-state index in [0.717, 1.165) is 26.1 Å². The van der Waals surface area contributed by atoms with Gasteiger partial charge in [-0.05, 0) is 6.42 Å². The van der Waals surface area contributed by atoms with E-state index in [-0.39, 0.29) is 18.1 Å². The third-order valence-corrected chi connectivity index (χ3v) is 2.60. The van der Waals surface area contributed by atoms with Crippen LogP contribution in [-0.2, 0) is 14.3 Å². The average Bonchev–Trinajstić information content (AvgIpc) is 2.35. The molecule has 0 radical (unpaired) electrons. The Labute approximate surface area is 71.4 Å². The quantitative estimate of drug-likeness (QED) is 0.505. The van der Waals surface area contributed by atoms with Crippen molar-refractivity contribution in [3.8, 4) is 0 Å². The first-order valence-electron chi connectivity index (χ1n) is 4.26. The largest absolute Gasteiger partial charge is 0.468 e. The molecule has 2 fully saturated rings. The summed E-state index contributed by atoms with van der Waals surface area (Å²) in [5.74, 6) is -0.155. The topological polar surface area (TPSA) is 38.8 Å². The van der Waals surface area contributed by atoms with Crippen molar-refractivity contribution in [2.75, 3.05) is 26.8 Å². The molecule has 0 spiro atoms. The Bertz CT molecular complexity index is 179. The summed E-state index contributed by atoms with van der Waals surface area (Å²) < 4.78 is 10.2. The van der Waals surface area contributed by atoms with Crippen LogP contribution in [0.3, 0.4) is 0 Å². The number of carbonyl (C=O) groups is 1. The third kappa shape index (κ3) is 1.11. The molecule has 0 aromatic carbocycles. The highest BCUT2D eigenvalue weighted by Crippen LogP contribution is 2.25. The van der Waals surface area contributed by atoms with Gasteiger partial charge in [-0.25, -0.2) is 0 Å². The minimum atomic E-state index is -0.155. The second-order valence-electron chi connectivity index (χ2n) is 3.20. The number of methoxy groups -OCH3 is 1. The Morgan fingerprint density at radius 2 is 2.42 bits per heavy atom. The zero-order valence-electron chi connectivity index (χ0n) is 7.16. The second kappa shape index (κ2) is 3.03. The van der Waals surface area contributed by atoms with Gasteiger partial charge in [0.05, 0.1) is 19.8 Å². The van der Waals surface area contributed by atoms with E-state index in [0.29, 0.717) is 0 Å². The molecule has 2 heterocycles. The zero-order chi connectivity index (χ0) is 8.55. The van der Waals surface area contributed by atoms with Gasteiger partial charge in [0.25, 0.3) is 0 Å². The first-order valence-corrected chi connectivity index (χ1v) is 4.26. The smallest absolute Gasteiger partial charge is 0.325 e. The molecule has 0 aromatic heterocycles. The van der Waals surface area contributed by atoms with E-state index in [4.69, 9.17) is 9.47 Å². The van der Waals surface area contributed by atoms with E-state index in [1.54, 1.807) is 0 Å². The number of ether oxygens (including phenoxy) is 2. The lowest BCUT2D eigenvalue weighted by Crippen LogP contribution is -2.48. The van der Waals surface area contributed by atoms with Crippen LogP contribution in [0.25, 0.3) is 0 Å². The lowest BCUT2D eigenvalue weighted by molar-refractivity contribution is -0.154. The van der Waals surface area contributed by atoms with E-state index in [2.05, 4.69) is 4.90 Å². The van der Waals surface area contributed by atoms with Crippen molar-refractivity contribution in [1.82, 2.24) is 4.90 Å². The molecule has 2 saturated heterocycles. The SMILES string of the molecule is COC(=O)C1[C@@H]2CCN1CCO2. The highest BCUT2D eigenvalue weighted by Gasteiger charge is 2.43. The van der Waals surface area contributed by atoms with E-state index in [1.807, 2.05) is 0 Å². The molecular weight excluding hydrogens is 158 g/mol. The predicted molar refractivity (Wildman–Crippen MR) is 41.7 cm³/mol. The van der Waals surface area contributed by atoms with Crippen molar-refractivity contribution >= 4 is 5.97 Å². The van der Waals surface area contributed by atoms with Gasteiger partial charge in [-0.3, -0.25) is 9.69 Å². The summed E-state index contributed by atoms with van der Waals surface area (Å²) in [6.07, 6.45) is 1.03. The first kappa shape index (κ1) is 8.01. The van der Waals surface area contributed by atoms with Gasteiger partial charge < -0.3 is 9.47 Å². The highest BCUT2D eigenvalue weighted by molar-refractivity contribution is 5.77. The number of fused-ring (bicyclic) bond motifs is 2. The maximum atomic E-state index is 11.3. The molecule has 68 valence electrons. The van der Waals surface area contributed by atoms with E-state index in [9.17, 15) is 4.79 Å². The summed E-state index contributed by atoms with van der Waals surface area (Å²) in [4.78, 5) is 13.4. The Morgan fingerprint density at radius 3 is 3.08 bits per heavy atom. The molecule has 0 N–H and O–H groups in total. The number of esters is 1. The monoisotopic (exact) mass is 171 g/mol. The van der Waals surface area contributed by atoms with Crippen LogP contribution in [0.5, 0.6) is 0 Å². The lowest BCUT2D eigenvalue weighted by Gasteiger charge is -2.30. The summed E-state index contributed by atoms with van der Waals surface area (Å²) in [6.45, 7) is 2.57. The van der Waals surface area contributed by atoms with Gasteiger partial charge in [0.1, 0.15) is 6.04 Å². The second-order valence-corrected chi connectivity index (χ2v) is 3.20. The van der Waals surface area contributed by atoms with Crippen LogP contribution in [0.2, 0.25) is 0 Å². The number of rotatable bonds is 1. The van der Waals surface area contributed by atoms with E-state index < -0.39 is 0 Å². The molecule has 2 aliphatic rings. The maximum Gasteiger partial charge on any atom is 0.325 e. The summed E-state index contributed by atoms with van der Waals surface area (Å²) in [6, 6.07) is -0.135. The molecule has 2 aliphatic heterocycles. The Kier molecular flexibility index (Phi) is 2.02. The number of morpholine rings is 1. The van der Waals surface area contributed by atoms with E-state index in [1.165, 1.54) is 7.11 Å². The van der Waals surface area contributed by atoms with Crippen LogP contribution in [0, 0.1) is 0 Å². The van der Waals surface area contributed by atoms with Gasteiger partial charge >= 0.3 is 5.97 Å². The van der Waals surface area contributed by atoms with Crippen LogP contribution in [0.1, 0.15) is 6.42 Å². The molecule has 0 aromatic rings. The van der Waals surface area contributed by atoms with Gasteiger partial charge in [0.15, 0.2) is 0 Å². The molecule has 2 bridgehead atoms. The molecular formula is C8H13NO3. The molecule has 2 unspecified atom stereocenters. The molecule has 0 aliphatic carbocycles. The molecule has 0 saturated carbocycles. The number of nitrogens with zero attached hydrogens (tertiary/aromatic N) is 1. The van der Waals surface area contributed by atoms with Gasteiger partial charge in [-0.15, -0.1) is 0 Å². The zero-order valence-corrected chi connectivity index (χ0v) is 7.16. The average molecular weight is 171 g/mol. The van der Waals surface area contributed by atoms with Crippen LogP contribution in [0.15, 0.2) is 0 Å². The van der Waals surface area contributed by atoms with Crippen LogP contribution in [-0.4, -0.2) is 49.8 Å². The standard InChI is InChI=1S/C8H13NO3/c1-11-8(10)7-6-2-3-9(7)4-5-12-6/h6-7H,2-5H2,1H3/t6-,7?/m0/s1. The third-order valence-electron chi connectivity index (χ3n) is 2.60. The Balaban J connectivity index is 2.10. The van der Waals surface area contributed by atoms with Gasteiger partial charge in [0.2, 0.25) is 0 Å². The summed E-state index contributed by atoms with van der Waals surface area (Å²) in [5.41, 5.74) is 0. The molecule has 2 rings (SSSR count). The summed E-state index contributed by atoms with van der Waals surface area (Å²) >= 11 is 0. The normalized spacial score (nSPS) is 39.6. The first-order chi connectivity index (χ1) is 5.83. The van der Waals surface area contributed by atoms with Crippen LogP contribution >= 0.6 is 0 Å². The molecule has 3 atom stereocenters. The number of carbonyl (C=O) groups excluding carboxylic acids is 1. The lowest BCUT2D eigenvalue weighted by atomic mass is 10.1. The Hall–Kier alpha value is -0.610. The molecule has 0 amide bonds. The van der Waals surface area contributed by atoms with Crippen LogP contribution < -0.4 is 0 Å². The van der Waals surface area contributed by atoms with Crippen molar-refractivity contribution in [1.29, 1.82) is 0 Å². The maximum absolute atomic E-state index is 11.3. The fourth-order valence-corrected chi connectivity index (χ4v) is 1.99. The van der Waals surface area contributed by atoms with Gasteiger partial charge in [0, 0.05) is 13.1 Å². The minimum absolute atomic E-state index is 0.0752. The number of hydrogen-bond donors (Lipinski definition) is 0. The molecule has 4 nitrogen and oxygen atoms in total. The van der Waals surface area contributed by atoms with E-state index >= 15 is 0 Å². The number of hydrogen-bond acceptors (Lipinski definition) is 4.